The molecule has 152 valence electrons. The van der Waals surface area contributed by atoms with Gasteiger partial charge >= 0.3 is 0 Å². The Morgan fingerprint density at radius 1 is 1.00 bits per heavy atom. The molecule has 0 atom stereocenters. The van der Waals surface area contributed by atoms with Gasteiger partial charge in [-0.05, 0) is 31.5 Å². The van der Waals surface area contributed by atoms with Crippen LogP contribution in [-0.2, 0) is 10.0 Å². The molecule has 1 saturated heterocycles. The predicted octanol–water partition coefficient (Wildman–Crippen LogP) is 2.44. The lowest BCUT2D eigenvalue weighted by Gasteiger charge is -2.35. The number of imidazole rings is 1. The van der Waals surface area contributed by atoms with Crippen LogP contribution >= 0.6 is 11.6 Å². The molecule has 0 N–H and O–H groups in total. The van der Waals surface area contributed by atoms with Crippen molar-refractivity contribution < 1.29 is 8.42 Å². The molecule has 1 aromatic carbocycles. The van der Waals surface area contributed by atoms with Gasteiger partial charge in [0.15, 0.2) is 0 Å². The van der Waals surface area contributed by atoms with E-state index in [-0.39, 0.29) is 4.90 Å². The Bertz CT molecular complexity index is 1140. The standard InChI is InChI=1S/C19H21ClN6O2S/c1-14-16(20)4-3-5-17(14)29(27,28)25-10-8-24(9-11-25)18-12-19(23-13-22-18)26-7-6-21-15(26)2/h3-7,12-13H,8-11H2,1-2H3. The third kappa shape index (κ3) is 3.73. The summed E-state index contributed by atoms with van der Waals surface area (Å²) in [6, 6.07) is 6.86. The molecule has 0 spiro atoms. The monoisotopic (exact) mass is 432 g/mol. The average Bonchev–Trinajstić information content (AvgIpc) is 3.16. The molecule has 10 heteroatoms. The molecule has 2 aromatic heterocycles. The fourth-order valence-electron chi connectivity index (χ4n) is 3.43. The van der Waals surface area contributed by atoms with E-state index in [4.69, 9.17) is 11.6 Å². The van der Waals surface area contributed by atoms with E-state index in [0.29, 0.717) is 36.8 Å². The van der Waals surface area contributed by atoms with Crippen molar-refractivity contribution in [1.29, 1.82) is 0 Å². The van der Waals surface area contributed by atoms with Gasteiger partial charge in [-0.2, -0.15) is 4.31 Å². The van der Waals surface area contributed by atoms with Gasteiger partial charge in [-0.3, -0.25) is 4.57 Å². The zero-order valence-electron chi connectivity index (χ0n) is 16.2. The summed E-state index contributed by atoms with van der Waals surface area (Å²) >= 11 is 6.12. The number of anilines is 1. The van der Waals surface area contributed by atoms with E-state index in [1.165, 1.54) is 10.6 Å². The minimum atomic E-state index is -3.59. The lowest BCUT2D eigenvalue weighted by molar-refractivity contribution is 0.383. The van der Waals surface area contributed by atoms with Crippen molar-refractivity contribution in [3.8, 4) is 5.82 Å². The number of hydrogen-bond acceptors (Lipinski definition) is 6. The fourth-order valence-corrected chi connectivity index (χ4v) is 5.33. The summed E-state index contributed by atoms with van der Waals surface area (Å²) in [6.45, 7) is 5.46. The van der Waals surface area contributed by atoms with E-state index in [1.807, 2.05) is 23.8 Å². The summed E-state index contributed by atoms with van der Waals surface area (Å²) in [5.74, 6) is 2.33. The normalized spacial score (nSPS) is 15.6. The van der Waals surface area contributed by atoms with Crippen LogP contribution in [0.3, 0.4) is 0 Å². The zero-order valence-corrected chi connectivity index (χ0v) is 17.7. The number of aryl methyl sites for hydroxylation is 1. The minimum absolute atomic E-state index is 0.262. The number of nitrogens with zero attached hydrogens (tertiary/aromatic N) is 6. The average molecular weight is 433 g/mol. The van der Waals surface area contributed by atoms with Crippen LogP contribution in [0.4, 0.5) is 5.82 Å². The molecule has 0 saturated carbocycles. The van der Waals surface area contributed by atoms with Crippen molar-refractivity contribution in [3.63, 3.8) is 0 Å². The van der Waals surface area contributed by atoms with Gasteiger partial charge in [-0.25, -0.2) is 23.4 Å². The molecule has 0 unspecified atom stereocenters. The van der Waals surface area contributed by atoms with Crippen LogP contribution < -0.4 is 4.90 Å². The summed E-state index contributed by atoms with van der Waals surface area (Å²) in [7, 11) is -3.59. The molecule has 0 amide bonds. The molecule has 0 radical (unpaired) electrons. The van der Waals surface area contributed by atoms with Crippen LogP contribution in [0.1, 0.15) is 11.4 Å². The first-order valence-electron chi connectivity index (χ1n) is 9.20. The lowest BCUT2D eigenvalue weighted by atomic mass is 10.2. The second kappa shape index (κ2) is 7.74. The Morgan fingerprint density at radius 3 is 2.41 bits per heavy atom. The highest BCUT2D eigenvalue weighted by atomic mass is 35.5. The summed E-state index contributed by atoms with van der Waals surface area (Å²) in [5.41, 5.74) is 0.577. The number of aromatic nitrogens is 4. The highest BCUT2D eigenvalue weighted by Crippen LogP contribution is 2.27. The maximum Gasteiger partial charge on any atom is 0.243 e. The smallest absolute Gasteiger partial charge is 0.243 e. The Hall–Kier alpha value is -2.49. The van der Waals surface area contributed by atoms with Crippen LogP contribution in [0.15, 0.2) is 47.9 Å². The molecule has 0 aliphatic carbocycles. The highest BCUT2D eigenvalue weighted by molar-refractivity contribution is 7.89. The van der Waals surface area contributed by atoms with Gasteiger partial charge in [-0.15, -0.1) is 0 Å². The van der Waals surface area contributed by atoms with Gasteiger partial charge < -0.3 is 4.90 Å². The van der Waals surface area contributed by atoms with Gasteiger partial charge in [0, 0.05) is 49.7 Å². The second-order valence-corrected chi connectivity index (χ2v) is 9.15. The summed E-state index contributed by atoms with van der Waals surface area (Å²) in [5, 5.41) is 0.452. The molecule has 1 fully saturated rings. The molecule has 1 aliphatic rings. The highest BCUT2D eigenvalue weighted by Gasteiger charge is 2.30. The quantitative estimate of drug-likeness (QED) is 0.629. The van der Waals surface area contributed by atoms with Crippen molar-refractivity contribution in [3.05, 3.63) is 59.4 Å². The van der Waals surface area contributed by atoms with Crippen LogP contribution in [-0.4, -0.2) is 58.4 Å². The van der Waals surface area contributed by atoms with Gasteiger partial charge in [0.1, 0.15) is 23.8 Å². The molecule has 0 bridgehead atoms. The minimum Gasteiger partial charge on any atom is -0.354 e. The lowest BCUT2D eigenvalue weighted by Crippen LogP contribution is -2.49. The number of rotatable bonds is 4. The third-order valence-corrected chi connectivity index (χ3v) is 7.56. The first kappa shape index (κ1) is 19.8. The number of piperazine rings is 1. The summed E-state index contributed by atoms with van der Waals surface area (Å²) in [4.78, 5) is 15.2. The van der Waals surface area contributed by atoms with Crippen molar-refractivity contribution in [2.45, 2.75) is 18.7 Å². The molecule has 4 rings (SSSR count). The predicted molar refractivity (Wildman–Crippen MR) is 111 cm³/mol. The number of hydrogen-bond donors (Lipinski definition) is 0. The number of benzene rings is 1. The van der Waals surface area contributed by atoms with Gasteiger partial charge in [-0.1, -0.05) is 17.7 Å². The Balaban J connectivity index is 1.51. The van der Waals surface area contributed by atoms with Crippen molar-refractivity contribution in [2.75, 3.05) is 31.1 Å². The second-order valence-electron chi connectivity index (χ2n) is 6.83. The summed E-state index contributed by atoms with van der Waals surface area (Å²) < 4.78 is 29.5. The molecular formula is C19H21ClN6O2S. The van der Waals surface area contributed by atoms with Crippen LogP contribution in [0.25, 0.3) is 5.82 Å². The topological polar surface area (TPSA) is 84.2 Å². The van der Waals surface area contributed by atoms with Crippen LogP contribution in [0, 0.1) is 13.8 Å². The van der Waals surface area contributed by atoms with E-state index in [1.54, 1.807) is 31.3 Å². The van der Waals surface area contributed by atoms with Crippen molar-refractivity contribution in [1.82, 2.24) is 23.8 Å². The summed E-state index contributed by atoms with van der Waals surface area (Å²) in [6.07, 6.45) is 5.08. The van der Waals surface area contributed by atoms with Gasteiger partial charge in [0.25, 0.3) is 0 Å². The van der Waals surface area contributed by atoms with E-state index in [0.717, 1.165) is 17.5 Å². The maximum absolute atomic E-state index is 13.1. The molecule has 29 heavy (non-hydrogen) atoms. The van der Waals surface area contributed by atoms with Crippen LogP contribution in [0.2, 0.25) is 5.02 Å². The Kier molecular flexibility index (Phi) is 5.28. The third-order valence-electron chi connectivity index (χ3n) is 5.11. The van der Waals surface area contributed by atoms with E-state index in [2.05, 4.69) is 19.9 Å². The van der Waals surface area contributed by atoms with Crippen molar-refractivity contribution in [2.24, 2.45) is 0 Å². The Morgan fingerprint density at radius 2 is 1.72 bits per heavy atom. The van der Waals surface area contributed by atoms with Crippen LogP contribution in [0.5, 0.6) is 0 Å². The molecule has 1 aliphatic heterocycles. The molecule has 3 aromatic rings. The number of sulfonamides is 1. The van der Waals surface area contributed by atoms with Crippen molar-refractivity contribution >= 4 is 27.4 Å². The molecular weight excluding hydrogens is 412 g/mol. The van der Waals surface area contributed by atoms with Gasteiger partial charge in [0.05, 0.1) is 4.90 Å². The van der Waals surface area contributed by atoms with E-state index in [9.17, 15) is 8.42 Å². The Labute approximate surface area is 174 Å². The number of halogens is 1. The maximum atomic E-state index is 13.1. The zero-order chi connectivity index (χ0) is 20.6. The van der Waals surface area contributed by atoms with Gasteiger partial charge in [0.2, 0.25) is 10.0 Å². The largest absolute Gasteiger partial charge is 0.354 e. The van der Waals surface area contributed by atoms with E-state index < -0.39 is 10.0 Å². The first-order chi connectivity index (χ1) is 13.9. The molecule has 3 heterocycles. The fraction of sp³-hybridized carbons (Fsp3) is 0.316. The SMILES string of the molecule is Cc1c(Cl)cccc1S(=O)(=O)N1CCN(c2cc(-n3ccnc3C)ncn2)CC1. The molecule has 8 nitrogen and oxygen atoms in total. The van der Waals surface area contributed by atoms with E-state index >= 15 is 0 Å². The first-order valence-corrected chi connectivity index (χ1v) is 11.0.